The molecule has 0 aromatic carbocycles. The lowest BCUT2D eigenvalue weighted by Crippen LogP contribution is -2.43. The zero-order valence-corrected chi connectivity index (χ0v) is 6.91. The van der Waals surface area contributed by atoms with Crippen LogP contribution in [0.2, 0.25) is 0 Å². The van der Waals surface area contributed by atoms with E-state index in [0.29, 0.717) is 13.1 Å². The Bertz CT molecular complexity index is 241. The third kappa shape index (κ3) is 0.797. The van der Waals surface area contributed by atoms with Gasteiger partial charge < -0.3 is 10.1 Å². The van der Waals surface area contributed by atoms with E-state index in [4.69, 9.17) is 4.74 Å². The van der Waals surface area contributed by atoms with Crippen LogP contribution < -0.4 is 5.32 Å². The first-order chi connectivity index (χ1) is 5.79. The van der Waals surface area contributed by atoms with Gasteiger partial charge in [-0.15, -0.1) is 0 Å². The fourth-order valence-electron chi connectivity index (χ4n) is 1.80. The van der Waals surface area contributed by atoms with Crippen molar-refractivity contribution in [2.45, 2.75) is 5.54 Å². The number of carbonyl (C=O) groups is 1. The number of hydrogen-bond acceptors (Lipinski definition) is 5. The highest BCUT2D eigenvalue weighted by Gasteiger charge is 2.53. The first kappa shape index (κ1) is 7.67. The monoisotopic (exact) mass is 169 g/mol. The molecule has 0 bridgehead atoms. The van der Waals surface area contributed by atoms with Crippen molar-refractivity contribution in [2.75, 3.05) is 26.7 Å². The highest BCUT2D eigenvalue weighted by molar-refractivity contribution is 5.82. The molecule has 1 N–H and O–H groups in total. The first-order valence-corrected chi connectivity index (χ1v) is 3.97. The van der Waals surface area contributed by atoms with Crippen LogP contribution in [0.4, 0.5) is 0 Å². The van der Waals surface area contributed by atoms with Crippen LogP contribution in [-0.2, 0) is 9.53 Å². The summed E-state index contributed by atoms with van der Waals surface area (Å²) < 4.78 is 4.71. The zero-order chi connectivity index (χ0) is 8.60. The number of rotatable bonds is 1. The topological polar surface area (TPSA) is 63.0 Å². The minimum Gasteiger partial charge on any atom is -0.467 e. The third-order valence-corrected chi connectivity index (χ3v) is 2.55. The van der Waals surface area contributed by atoms with E-state index in [0.717, 1.165) is 6.54 Å². The van der Waals surface area contributed by atoms with Gasteiger partial charge in [-0.1, -0.05) is 0 Å². The maximum atomic E-state index is 11.4. The maximum absolute atomic E-state index is 11.4. The molecule has 5 nitrogen and oxygen atoms in total. The summed E-state index contributed by atoms with van der Waals surface area (Å²) in [6.45, 7) is 2.01. The molecule has 2 rings (SSSR count). The number of carbonyl (C=O) groups excluding carboxylic acids is 1. The van der Waals surface area contributed by atoms with E-state index >= 15 is 0 Å². The molecular weight excluding hydrogens is 158 g/mol. The van der Waals surface area contributed by atoms with Crippen LogP contribution in [0.15, 0.2) is 10.2 Å². The van der Waals surface area contributed by atoms with Gasteiger partial charge in [-0.3, -0.25) is 0 Å². The summed E-state index contributed by atoms with van der Waals surface area (Å²) >= 11 is 0. The Morgan fingerprint density at radius 2 is 2.58 bits per heavy atom. The molecule has 0 unspecified atom stereocenters. The number of hydrogen-bond donors (Lipinski definition) is 1. The predicted molar refractivity (Wildman–Crippen MR) is 40.8 cm³/mol. The number of azo groups is 1. The van der Waals surface area contributed by atoms with Gasteiger partial charge in [0.1, 0.15) is 0 Å². The zero-order valence-electron chi connectivity index (χ0n) is 6.91. The van der Waals surface area contributed by atoms with Gasteiger partial charge in [0.2, 0.25) is 0 Å². The molecule has 0 aromatic rings. The molecule has 0 spiro atoms. The van der Waals surface area contributed by atoms with E-state index in [1.165, 1.54) is 7.11 Å². The molecular formula is C7H11N3O2. The van der Waals surface area contributed by atoms with Crippen LogP contribution in [0.25, 0.3) is 0 Å². The highest BCUT2D eigenvalue weighted by atomic mass is 16.5. The van der Waals surface area contributed by atoms with Crippen molar-refractivity contribution >= 4 is 5.97 Å². The molecule has 1 saturated heterocycles. The minimum atomic E-state index is -0.700. The second-order valence-electron chi connectivity index (χ2n) is 3.17. The lowest BCUT2D eigenvalue weighted by atomic mass is 9.89. The van der Waals surface area contributed by atoms with Crippen LogP contribution in [0.1, 0.15) is 0 Å². The van der Waals surface area contributed by atoms with Crippen molar-refractivity contribution in [3.05, 3.63) is 0 Å². The molecule has 1 fully saturated rings. The van der Waals surface area contributed by atoms with E-state index in [2.05, 4.69) is 15.5 Å². The Morgan fingerprint density at radius 1 is 1.75 bits per heavy atom. The molecule has 2 atom stereocenters. The summed E-state index contributed by atoms with van der Waals surface area (Å²) in [6, 6.07) is 0. The van der Waals surface area contributed by atoms with Crippen molar-refractivity contribution < 1.29 is 9.53 Å². The van der Waals surface area contributed by atoms with Crippen LogP contribution >= 0.6 is 0 Å². The van der Waals surface area contributed by atoms with Crippen LogP contribution in [-0.4, -0.2) is 38.3 Å². The Morgan fingerprint density at radius 3 is 3.33 bits per heavy atom. The molecule has 0 aromatic heterocycles. The molecule has 5 heteroatoms. The van der Waals surface area contributed by atoms with E-state index in [1.54, 1.807) is 0 Å². The smallest absolute Gasteiger partial charge is 0.337 e. The second kappa shape index (κ2) is 2.52. The van der Waals surface area contributed by atoms with E-state index < -0.39 is 5.54 Å². The highest BCUT2D eigenvalue weighted by Crippen LogP contribution is 2.33. The number of methoxy groups -OCH3 is 1. The Balaban J connectivity index is 2.27. The van der Waals surface area contributed by atoms with Crippen LogP contribution in [0.5, 0.6) is 0 Å². The van der Waals surface area contributed by atoms with Crippen LogP contribution in [0.3, 0.4) is 0 Å². The van der Waals surface area contributed by atoms with Gasteiger partial charge >= 0.3 is 5.97 Å². The largest absolute Gasteiger partial charge is 0.467 e. The van der Waals surface area contributed by atoms with Crippen molar-refractivity contribution in [3.8, 4) is 0 Å². The molecule has 2 aliphatic heterocycles. The van der Waals surface area contributed by atoms with Gasteiger partial charge in [0.05, 0.1) is 13.7 Å². The average Bonchev–Trinajstić information content (AvgIpc) is 2.60. The molecule has 12 heavy (non-hydrogen) atoms. The average molecular weight is 169 g/mol. The summed E-state index contributed by atoms with van der Waals surface area (Å²) in [7, 11) is 1.39. The summed E-state index contributed by atoms with van der Waals surface area (Å²) in [4.78, 5) is 11.4. The Labute approximate surface area is 70.2 Å². The third-order valence-electron chi connectivity index (χ3n) is 2.55. The predicted octanol–water partition coefficient (Wildman–Crippen LogP) is -0.417. The summed E-state index contributed by atoms with van der Waals surface area (Å²) in [5.74, 6) is -0.0660. The molecule has 0 radical (unpaired) electrons. The number of nitrogens with one attached hydrogen (secondary N) is 1. The molecule has 2 aliphatic rings. The summed E-state index contributed by atoms with van der Waals surface area (Å²) in [6.07, 6.45) is 0. The Kier molecular flexibility index (Phi) is 1.61. The van der Waals surface area contributed by atoms with Gasteiger partial charge in [0, 0.05) is 19.0 Å². The van der Waals surface area contributed by atoms with Gasteiger partial charge in [0.15, 0.2) is 5.54 Å². The quantitative estimate of drug-likeness (QED) is 0.542. The number of nitrogens with zero attached hydrogens (tertiary/aromatic N) is 2. The van der Waals surface area contributed by atoms with Crippen molar-refractivity contribution in [1.82, 2.24) is 5.32 Å². The summed E-state index contributed by atoms with van der Waals surface area (Å²) in [5.41, 5.74) is -0.700. The lowest BCUT2D eigenvalue weighted by Gasteiger charge is -2.19. The first-order valence-electron chi connectivity index (χ1n) is 3.97. The number of esters is 1. The Hall–Kier alpha value is -0.970. The van der Waals surface area contributed by atoms with E-state index in [1.807, 2.05) is 0 Å². The standard InChI is InChI=1S/C7H11N3O2/c1-12-6(11)7-4-8-2-5(7)3-9-10-7/h5,8H,2-4H2,1H3/t5-,7-/m1/s1. The molecule has 0 amide bonds. The van der Waals surface area contributed by atoms with Gasteiger partial charge in [-0.2, -0.15) is 10.2 Å². The fourth-order valence-corrected chi connectivity index (χ4v) is 1.80. The van der Waals surface area contributed by atoms with Gasteiger partial charge in [-0.25, -0.2) is 4.79 Å². The molecule has 0 aliphatic carbocycles. The van der Waals surface area contributed by atoms with E-state index in [9.17, 15) is 4.79 Å². The number of fused-ring (bicyclic) bond motifs is 1. The van der Waals surface area contributed by atoms with Crippen LogP contribution in [0, 0.1) is 5.92 Å². The second-order valence-corrected chi connectivity index (χ2v) is 3.17. The van der Waals surface area contributed by atoms with E-state index in [-0.39, 0.29) is 11.9 Å². The van der Waals surface area contributed by atoms with Crippen molar-refractivity contribution in [2.24, 2.45) is 16.1 Å². The fraction of sp³-hybridized carbons (Fsp3) is 0.857. The molecule has 0 saturated carbocycles. The normalized spacial score (nSPS) is 38.2. The van der Waals surface area contributed by atoms with Crippen molar-refractivity contribution in [1.29, 1.82) is 0 Å². The van der Waals surface area contributed by atoms with Gasteiger partial charge in [0.25, 0.3) is 0 Å². The van der Waals surface area contributed by atoms with Crippen molar-refractivity contribution in [3.63, 3.8) is 0 Å². The minimum absolute atomic E-state index is 0.199. The van der Waals surface area contributed by atoms with Gasteiger partial charge in [-0.05, 0) is 0 Å². The number of ether oxygens (including phenoxy) is 1. The molecule has 2 heterocycles. The molecule has 66 valence electrons. The lowest BCUT2D eigenvalue weighted by molar-refractivity contribution is -0.147. The summed E-state index contributed by atoms with van der Waals surface area (Å²) in [5, 5.41) is 11.0. The maximum Gasteiger partial charge on any atom is 0.337 e. The SMILES string of the molecule is COC(=O)[C@@]12CNC[C@@H]1CN=N2.